The van der Waals surface area contributed by atoms with Gasteiger partial charge in [0.1, 0.15) is 11.8 Å². The summed E-state index contributed by atoms with van der Waals surface area (Å²) in [5.41, 5.74) is 3.20. The molecule has 2 rings (SSSR count). The maximum absolute atomic E-state index is 9.03. The molecule has 0 amide bonds. The second-order valence-corrected chi connectivity index (χ2v) is 6.40. The van der Waals surface area contributed by atoms with Crippen LogP contribution in [0.4, 0.5) is 0 Å². The summed E-state index contributed by atoms with van der Waals surface area (Å²) in [4.78, 5) is 0. The van der Waals surface area contributed by atoms with Gasteiger partial charge in [0.15, 0.2) is 0 Å². The van der Waals surface area contributed by atoms with Crippen molar-refractivity contribution in [3.8, 4) is 6.07 Å². The third kappa shape index (κ3) is 3.64. The van der Waals surface area contributed by atoms with Crippen LogP contribution in [0.15, 0.2) is 6.07 Å². The van der Waals surface area contributed by atoms with Crippen LogP contribution >= 0.6 is 0 Å². The molecule has 0 unspecified atom stereocenters. The van der Waals surface area contributed by atoms with Gasteiger partial charge in [0.25, 0.3) is 0 Å². The number of aromatic nitrogens is 1. The Morgan fingerprint density at radius 1 is 1.35 bits per heavy atom. The quantitative estimate of drug-likeness (QED) is 0.834. The van der Waals surface area contributed by atoms with Crippen molar-refractivity contribution in [2.45, 2.75) is 52.5 Å². The number of nitrogens with one attached hydrogen (secondary N) is 1. The minimum absolute atomic E-state index is 0.751. The van der Waals surface area contributed by atoms with Gasteiger partial charge in [-0.3, -0.25) is 0 Å². The Morgan fingerprint density at radius 3 is 2.65 bits per heavy atom. The highest BCUT2D eigenvalue weighted by atomic mass is 15.0. The van der Waals surface area contributed by atoms with Crippen LogP contribution in [0.25, 0.3) is 0 Å². The lowest BCUT2D eigenvalue weighted by Crippen LogP contribution is -2.20. The Labute approximate surface area is 123 Å². The molecule has 0 spiro atoms. The SMILES string of the molecule is Cc1c(CNCCC2CCC(C)CC2)cc(C#N)n1C. The number of hydrogen-bond acceptors (Lipinski definition) is 2. The van der Waals surface area contributed by atoms with Crippen LogP contribution in [0, 0.1) is 30.1 Å². The maximum atomic E-state index is 9.03. The Kier molecular flexibility index (Phi) is 5.25. The van der Waals surface area contributed by atoms with Crippen molar-refractivity contribution < 1.29 is 0 Å². The van der Waals surface area contributed by atoms with Crippen molar-refractivity contribution in [1.29, 1.82) is 5.26 Å². The summed E-state index contributed by atoms with van der Waals surface area (Å²) in [6, 6.07) is 4.24. The Morgan fingerprint density at radius 2 is 2.05 bits per heavy atom. The fraction of sp³-hybridized carbons (Fsp3) is 0.706. The average molecular weight is 273 g/mol. The molecule has 1 aliphatic carbocycles. The monoisotopic (exact) mass is 273 g/mol. The van der Waals surface area contributed by atoms with E-state index < -0.39 is 0 Å². The molecular weight excluding hydrogens is 246 g/mol. The van der Waals surface area contributed by atoms with E-state index in [-0.39, 0.29) is 0 Å². The van der Waals surface area contributed by atoms with Crippen LogP contribution in [0.1, 0.15) is 56.0 Å². The van der Waals surface area contributed by atoms with Crippen molar-refractivity contribution in [1.82, 2.24) is 9.88 Å². The fourth-order valence-electron chi connectivity index (χ4n) is 3.20. The molecule has 1 N–H and O–H groups in total. The lowest BCUT2D eigenvalue weighted by molar-refractivity contribution is 0.275. The second kappa shape index (κ2) is 6.95. The second-order valence-electron chi connectivity index (χ2n) is 6.40. The molecule has 0 bridgehead atoms. The van der Waals surface area contributed by atoms with Crippen LogP contribution in [0.2, 0.25) is 0 Å². The highest BCUT2D eigenvalue weighted by Gasteiger charge is 2.17. The van der Waals surface area contributed by atoms with Crippen LogP contribution in [0.5, 0.6) is 0 Å². The molecule has 1 saturated carbocycles. The summed E-state index contributed by atoms with van der Waals surface area (Å²) in [7, 11) is 1.96. The number of hydrogen-bond donors (Lipinski definition) is 1. The van der Waals surface area contributed by atoms with Crippen molar-refractivity contribution >= 4 is 0 Å². The summed E-state index contributed by atoms with van der Waals surface area (Å²) < 4.78 is 1.97. The molecular formula is C17H27N3. The lowest BCUT2D eigenvalue weighted by Gasteiger charge is -2.26. The Balaban J connectivity index is 1.72. The molecule has 1 aromatic rings. The summed E-state index contributed by atoms with van der Waals surface area (Å²) in [6.07, 6.45) is 6.93. The van der Waals surface area contributed by atoms with E-state index in [0.29, 0.717) is 0 Å². The molecule has 0 aliphatic heterocycles. The zero-order valence-corrected chi connectivity index (χ0v) is 13.1. The minimum Gasteiger partial charge on any atom is -0.340 e. The van der Waals surface area contributed by atoms with Crippen molar-refractivity contribution in [2.75, 3.05) is 6.54 Å². The predicted molar refractivity (Wildman–Crippen MR) is 82.3 cm³/mol. The highest BCUT2D eigenvalue weighted by molar-refractivity contribution is 5.33. The lowest BCUT2D eigenvalue weighted by atomic mass is 9.81. The largest absolute Gasteiger partial charge is 0.340 e. The third-order valence-corrected chi connectivity index (χ3v) is 4.93. The van der Waals surface area contributed by atoms with Crippen LogP contribution in [-0.2, 0) is 13.6 Å². The summed E-state index contributed by atoms with van der Waals surface area (Å²) in [6.45, 7) is 6.43. The van der Waals surface area contributed by atoms with Gasteiger partial charge in [0.2, 0.25) is 0 Å². The molecule has 20 heavy (non-hydrogen) atoms. The van der Waals surface area contributed by atoms with E-state index in [1.54, 1.807) is 0 Å². The molecule has 0 atom stereocenters. The first kappa shape index (κ1) is 15.1. The molecule has 1 heterocycles. The number of nitrogens with zero attached hydrogens (tertiary/aromatic N) is 2. The van der Waals surface area contributed by atoms with Crippen LogP contribution < -0.4 is 5.32 Å². The molecule has 0 saturated heterocycles. The van der Waals surface area contributed by atoms with Crippen LogP contribution in [0.3, 0.4) is 0 Å². The van der Waals surface area contributed by atoms with E-state index in [1.165, 1.54) is 43.4 Å². The maximum Gasteiger partial charge on any atom is 0.120 e. The van der Waals surface area contributed by atoms with E-state index in [2.05, 4.69) is 25.2 Å². The normalized spacial score (nSPS) is 22.7. The molecule has 1 aliphatic rings. The molecule has 0 radical (unpaired) electrons. The van der Waals surface area contributed by atoms with Gasteiger partial charge in [-0.1, -0.05) is 32.6 Å². The van der Waals surface area contributed by atoms with Gasteiger partial charge >= 0.3 is 0 Å². The fourth-order valence-corrected chi connectivity index (χ4v) is 3.20. The van der Waals surface area contributed by atoms with Gasteiger partial charge in [-0.05, 0) is 43.4 Å². The van der Waals surface area contributed by atoms with Gasteiger partial charge in [-0.2, -0.15) is 5.26 Å². The Hall–Kier alpha value is -1.27. The summed E-state index contributed by atoms with van der Waals surface area (Å²) in [5, 5.41) is 12.6. The summed E-state index contributed by atoms with van der Waals surface area (Å²) >= 11 is 0. The highest BCUT2D eigenvalue weighted by Crippen LogP contribution is 2.29. The van der Waals surface area contributed by atoms with Crippen molar-refractivity contribution in [3.63, 3.8) is 0 Å². The third-order valence-electron chi connectivity index (χ3n) is 4.93. The van der Waals surface area contributed by atoms with E-state index >= 15 is 0 Å². The Bertz CT molecular complexity index is 473. The molecule has 3 nitrogen and oxygen atoms in total. The van der Waals surface area contributed by atoms with E-state index in [9.17, 15) is 0 Å². The van der Waals surface area contributed by atoms with E-state index in [4.69, 9.17) is 5.26 Å². The number of nitriles is 1. The van der Waals surface area contributed by atoms with Gasteiger partial charge in [0, 0.05) is 19.3 Å². The topological polar surface area (TPSA) is 40.8 Å². The van der Waals surface area contributed by atoms with E-state index in [1.807, 2.05) is 17.7 Å². The minimum atomic E-state index is 0.751. The van der Waals surface area contributed by atoms with Gasteiger partial charge in [0.05, 0.1) is 0 Å². The molecule has 1 aromatic heterocycles. The standard InChI is InChI=1S/C17H27N3/c1-13-4-6-15(7-5-13)8-9-19-12-16-10-17(11-18)20(3)14(16)2/h10,13,15,19H,4-9,12H2,1-3H3. The van der Waals surface area contributed by atoms with E-state index in [0.717, 1.165) is 30.6 Å². The zero-order valence-electron chi connectivity index (χ0n) is 13.1. The smallest absolute Gasteiger partial charge is 0.120 e. The predicted octanol–water partition coefficient (Wildman–Crippen LogP) is 3.51. The average Bonchev–Trinajstić information content (AvgIpc) is 2.73. The zero-order chi connectivity index (χ0) is 14.5. The first-order chi connectivity index (χ1) is 9.61. The van der Waals surface area contributed by atoms with Gasteiger partial charge in [-0.25, -0.2) is 0 Å². The first-order valence-electron chi connectivity index (χ1n) is 7.87. The van der Waals surface area contributed by atoms with Crippen molar-refractivity contribution in [3.05, 3.63) is 23.0 Å². The van der Waals surface area contributed by atoms with Gasteiger partial charge < -0.3 is 9.88 Å². The molecule has 0 aromatic carbocycles. The molecule has 3 heteroatoms. The van der Waals surface area contributed by atoms with Gasteiger partial charge in [-0.15, -0.1) is 0 Å². The first-order valence-corrected chi connectivity index (χ1v) is 7.87. The molecule has 110 valence electrons. The molecule has 1 fully saturated rings. The number of rotatable bonds is 5. The summed E-state index contributed by atoms with van der Waals surface area (Å²) in [5.74, 6) is 1.86. The van der Waals surface area contributed by atoms with Crippen molar-refractivity contribution in [2.24, 2.45) is 18.9 Å². The van der Waals surface area contributed by atoms with Crippen LogP contribution in [-0.4, -0.2) is 11.1 Å².